The Morgan fingerprint density at radius 3 is 2.10 bits per heavy atom. The zero-order chi connectivity index (χ0) is 14.9. The number of hydrogen-bond acceptors (Lipinski definition) is 2. The molecule has 1 unspecified atom stereocenters. The predicted molar refractivity (Wildman–Crippen MR) is 81.5 cm³/mol. The van der Waals surface area contributed by atoms with E-state index in [2.05, 4.69) is 44.9 Å². The van der Waals surface area contributed by atoms with Gasteiger partial charge in [0.2, 0.25) is 0 Å². The summed E-state index contributed by atoms with van der Waals surface area (Å²) in [6.07, 6.45) is 1.60. The summed E-state index contributed by atoms with van der Waals surface area (Å²) in [7, 11) is 0. The van der Waals surface area contributed by atoms with Crippen LogP contribution >= 0.6 is 0 Å². The molecular formula is C16H23N3O. The Morgan fingerprint density at radius 2 is 1.60 bits per heavy atom. The van der Waals surface area contributed by atoms with Gasteiger partial charge in [-0.05, 0) is 36.5 Å². The van der Waals surface area contributed by atoms with Crippen molar-refractivity contribution in [2.24, 2.45) is 5.92 Å². The lowest BCUT2D eigenvalue weighted by molar-refractivity contribution is 0.364. The van der Waals surface area contributed by atoms with Gasteiger partial charge in [-0.25, -0.2) is 14.0 Å². The van der Waals surface area contributed by atoms with Crippen LogP contribution in [0.1, 0.15) is 52.1 Å². The Kier molecular flexibility index (Phi) is 4.12. The van der Waals surface area contributed by atoms with Gasteiger partial charge in [0.15, 0.2) is 0 Å². The summed E-state index contributed by atoms with van der Waals surface area (Å²) in [5, 5.41) is 4.24. The Balaban J connectivity index is 2.37. The third-order valence-electron chi connectivity index (χ3n) is 3.88. The summed E-state index contributed by atoms with van der Waals surface area (Å²) in [4.78, 5) is 12.4. The van der Waals surface area contributed by atoms with Crippen molar-refractivity contribution in [2.45, 2.75) is 46.6 Å². The first-order chi connectivity index (χ1) is 9.41. The molecule has 1 aromatic carbocycles. The average Bonchev–Trinajstić information content (AvgIpc) is 2.79. The predicted octanol–water partition coefficient (Wildman–Crippen LogP) is 3.37. The Labute approximate surface area is 120 Å². The van der Waals surface area contributed by atoms with Crippen LogP contribution in [0.3, 0.4) is 0 Å². The molecule has 4 heteroatoms. The fraction of sp³-hybridized carbons (Fsp3) is 0.500. The maximum absolute atomic E-state index is 12.4. The second-order valence-electron chi connectivity index (χ2n) is 5.96. The summed E-state index contributed by atoms with van der Waals surface area (Å²) in [5.41, 5.74) is 2.05. The van der Waals surface area contributed by atoms with Crippen LogP contribution in [0.15, 0.2) is 35.4 Å². The van der Waals surface area contributed by atoms with Gasteiger partial charge < -0.3 is 0 Å². The zero-order valence-electron chi connectivity index (χ0n) is 12.9. The molecule has 1 heterocycles. The highest BCUT2D eigenvalue weighted by Crippen LogP contribution is 2.17. The summed E-state index contributed by atoms with van der Waals surface area (Å²) < 4.78 is 3.16. The number of rotatable bonds is 4. The highest BCUT2D eigenvalue weighted by Gasteiger charge is 2.15. The molecule has 0 radical (unpaired) electrons. The molecule has 2 aromatic rings. The van der Waals surface area contributed by atoms with Gasteiger partial charge in [0.25, 0.3) is 0 Å². The number of aromatic nitrogens is 3. The van der Waals surface area contributed by atoms with E-state index in [9.17, 15) is 4.79 Å². The van der Waals surface area contributed by atoms with Gasteiger partial charge in [0.05, 0.1) is 11.7 Å². The molecule has 1 aromatic heterocycles. The largest absolute Gasteiger partial charge is 0.350 e. The third kappa shape index (κ3) is 2.69. The molecule has 0 spiro atoms. The van der Waals surface area contributed by atoms with E-state index >= 15 is 0 Å². The van der Waals surface area contributed by atoms with Crippen LogP contribution in [-0.2, 0) is 0 Å². The highest BCUT2D eigenvalue weighted by molar-refractivity contribution is 5.35. The molecule has 0 aliphatic rings. The molecule has 0 fully saturated rings. The van der Waals surface area contributed by atoms with Crippen molar-refractivity contribution in [3.05, 3.63) is 46.6 Å². The topological polar surface area (TPSA) is 39.8 Å². The van der Waals surface area contributed by atoms with Crippen molar-refractivity contribution in [2.75, 3.05) is 0 Å². The van der Waals surface area contributed by atoms with Gasteiger partial charge in [0.1, 0.15) is 6.33 Å². The maximum Gasteiger partial charge on any atom is 0.350 e. The van der Waals surface area contributed by atoms with Crippen LogP contribution < -0.4 is 5.69 Å². The van der Waals surface area contributed by atoms with Crippen molar-refractivity contribution < 1.29 is 0 Å². The van der Waals surface area contributed by atoms with Gasteiger partial charge in [0, 0.05) is 0 Å². The Hall–Kier alpha value is -1.84. The third-order valence-corrected chi connectivity index (χ3v) is 3.88. The van der Waals surface area contributed by atoms with Gasteiger partial charge in [-0.3, -0.25) is 0 Å². The van der Waals surface area contributed by atoms with Crippen molar-refractivity contribution in [3.8, 4) is 5.69 Å². The molecule has 0 saturated carbocycles. The average molecular weight is 273 g/mol. The fourth-order valence-corrected chi connectivity index (χ4v) is 2.08. The number of hydrogen-bond donors (Lipinski definition) is 0. The molecule has 0 bridgehead atoms. The number of nitrogens with zero attached hydrogens (tertiary/aromatic N) is 3. The molecule has 0 N–H and O–H groups in total. The highest BCUT2D eigenvalue weighted by atomic mass is 16.2. The first-order valence-corrected chi connectivity index (χ1v) is 7.18. The SMILES string of the molecule is CC(C)c1ccc(-n2cnn(C(C)C(C)C)c2=O)cc1. The summed E-state index contributed by atoms with van der Waals surface area (Å²) in [6.45, 7) is 10.5. The van der Waals surface area contributed by atoms with Gasteiger partial charge in [-0.1, -0.05) is 39.8 Å². The van der Waals surface area contributed by atoms with Gasteiger partial charge >= 0.3 is 5.69 Å². The van der Waals surface area contributed by atoms with E-state index in [4.69, 9.17) is 0 Å². The van der Waals surface area contributed by atoms with Crippen LogP contribution in [0.2, 0.25) is 0 Å². The van der Waals surface area contributed by atoms with E-state index in [0.29, 0.717) is 11.8 Å². The maximum atomic E-state index is 12.4. The van der Waals surface area contributed by atoms with Crippen molar-refractivity contribution >= 4 is 0 Å². The smallest absolute Gasteiger partial charge is 0.250 e. The summed E-state index contributed by atoms with van der Waals surface area (Å²) >= 11 is 0. The zero-order valence-corrected chi connectivity index (χ0v) is 12.9. The molecule has 0 saturated heterocycles. The lowest BCUT2D eigenvalue weighted by Gasteiger charge is -2.14. The Morgan fingerprint density at radius 1 is 1.00 bits per heavy atom. The van der Waals surface area contributed by atoms with Crippen LogP contribution in [-0.4, -0.2) is 14.3 Å². The van der Waals surface area contributed by atoms with E-state index < -0.39 is 0 Å². The minimum Gasteiger partial charge on any atom is -0.250 e. The first-order valence-electron chi connectivity index (χ1n) is 7.18. The van der Waals surface area contributed by atoms with Crippen LogP contribution in [0.5, 0.6) is 0 Å². The molecule has 2 rings (SSSR count). The van der Waals surface area contributed by atoms with Crippen LogP contribution in [0, 0.1) is 5.92 Å². The Bertz CT molecular complexity index is 620. The molecule has 20 heavy (non-hydrogen) atoms. The molecular weight excluding hydrogens is 250 g/mol. The molecule has 0 aliphatic carbocycles. The second kappa shape index (κ2) is 5.65. The minimum atomic E-state index is -0.0801. The standard InChI is InChI=1S/C16H23N3O/c1-11(2)13(5)19-16(20)18(10-17-19)15-8-6-14(7-9-15)12(3)4/h6-13H,1-5H3. The van der Waals surface area contributed by atoms with E-state index in [-0.39, 0.29) is 11.7 Å². The molecule has 108 valence electrons. The molecule has 1 atom stereocenters. The van der Waals surface area contributed by atoms with E-state index in [0.717, 1.165) is 5.69 Å². The monoisotopic (exact) mass is 273 g/mol. The summed E-state index contributed by atoms with van der Waals surface area (Å²) in [5.74, 6) is 0.865. The van der Waals surface area contributed by atoms with Crippen LogP contribution in [0.25, 0.3) is 5.69 Å². The fourth-order valence-electron chi connectivity index (χ4n) is 2.08. The van der Waals surface area contributed by atoms with Crippen molar-refractivity contribution in [3.63, 3.8) is 0 Å². The second-order valence-corrected chi connectivity index (χ2v) is 5.96. The van der Waals surface area contributed by atoms with Gasteiger partial charge in [-0.2, -0.15) is 5.10 Å². The lowest BCUT2D eigenvalue weighted by Crippen LogP contribution is -2.28. The first kappa shape index (κ1) is 14.6. The van der Waals surface area contributed by atoms with E-state index in [1.54, 1.807) is 15.6 Å². The van der Waals surface area contributed by atoms with E-state index in [1.165, 1.54) is 5.56 Å². The molecule has 4 nitrogen and oxygen atoms in total. The molecule has 0 amide bonds. The van der Waals surface area contributed by atoms with Crippen molar-refractivity contribution in [1.29, 1.82) is 0 Å². The minimum absolute atomic E-state index is 0.0801. The quantitative estimate of drug-likeness (QED) is 0.856. The normalized spacial score (nSPS) is 13.2. The summed E-state index contributed by atoms with van der Waals surface area (Å²) in [6, 6.07) is 8.18. The lowest BCUT2D eigenvalue weighted by atomic mass is 10.0. The van der Waals surface area contributed by atoms with E-state index in [1.807, 2.05) is 19.1 Å². The molecule has 0 aliphatic heterocycles. The van der Waals surface area contributed by atoms with Gasteiger partial charge in [-0.15, -0.1) is 0 Å². The number of benzene rings is 1. The van der Waals surface area contributed by atoms with Crippen LogP contribution in [0.4, 0.5) is 0 Å². The van der Waals surface area contributed by atoms with Crippen molar-refractivity contribution in [1.82, 2.24) is 14.3 Å².